The molecule has 2 heterocycles. The molecule has 3 heteroatoms. The molecule has 25 heavy (non-hydrogen) atoms. The number of halogens is 1. The molecule has 0 fully saturated rings. The lowest BCUT2D eigenvalue weighted by atomic mass is 9.99. The van der Waals surface area contributed by atoms with Crippen LogP contribution in [0.1, 0.15) is 30.7 Å². The van der Waals surface area contributed by atoms with E-state index in [-0.39, 0.29) is 0 Å². The van der Waals surface area contributed by atoms with Gasteiger partial charge in [-0.1, -0.05) is 48.9 Å². The summed E-state index contributed by atoms with van der Waals surface area (Å²) < 4.78 is 2.56. The Kier molecular flexibility index (Phi) is 4.58. The Balaban J connectivity index is 1.71. The number of benzene rings is 2. The maximum Gasteiger partial charge on any atom is 0.0486 e. The molecular formula is C22H25ClN2. The van der Waals surface area contributed by atoms with E-state index < -0.39 is 0 Å². The van der Waals surface area contributed by atoms with Crippen LogP contribution < -0.4 is 0 Å². The highest BCUT2D eigenvalue weighted by molar-refractivity contribution is 6.30. The molecule has 0 bridgehead atoms. The monoisotopic (exact) mass is 352 g/mol. The first-order valence-electron chi connectivity index (χ1n) is 9.25. The third kappa shape index (κ3) is 3.09. The Labute approximate surface area is 155 Å². The van der Waals surface area contributed by atoms with Crippen molar-refractivity contribution in [2.45, 2.75) is 45.8 Å². The first kappa shape index (κ1) is 16.7. The SMILES string of the molecule is CCN1Cc2c(n(CCc3ccc(Cl)cc3)c3ccccc23)CC1C. The molecule has 1 atom stereocenters. The van der Waals surface area contributed by atoms with Crippen LogP contribution in [0.4, 0.5) is 0 Å². The minimum Gasteiger partial charge on any atom is -0.344 e. The Morgan fingerprint density at radius 1 is 1.08 bits per heavy atom. The van der Waals surface area contributed by atoms with E-state index in [2.05, 4.69) is 59.7 Å². The number of likely N-dealkylation sites (N-methyl/N-ethyl adjacent to an activating group) is 1. The molecule has 4 rings (SSSR count). The van der Waals surface area contributed by atoms with Crippen molar-refractivity contribution in [3.8, 4) is 0 Å². The van der Waals surface area contributed by atoms with E-state index in [1.54, 1.807) is 0 Å². The first-order chi connectivity index (χ1) is 12.2. The molecular weight excluding hydrogens is 328 g/mol. The van der Waals surface area contributed by atoms with Crippen molar-refractivity contribution in [3.05, 3.63) is 70.4 Å². The van der Waals surface area contributed by atoms with Crippen molar-refractivity contribution in [2.24, 2.45) is 0 Å². The molecule has 0 saturated carbocycles. The number of hydrogen-bond acceptors (Lipinski definition) is 1. The number of aryl methyl sites for hydroxylation is 2. The second kappa shape index (κ2) is 6.86. The number of rotatable bonds is 4. The fourth-order valence-electron chi connectivity index (χ4n) is 4.18. The van der Waals surface area contributed by atoms with Crippen LogP contribution in [0.5, 0.6) is 0 Å². The lowest BCUT2D eigenvalue weighted by molar-refractivity contribution is 0.192. The fourth-order valence-corrected chi connectivity index (χ4v) is 4.30. The van der Waals surface area contributed by atoms with Crippen molar-refractivity contribution >= 4 is 22.5 Å². The maximum atomic E-state index is 6.02. The van der Waals surface area contributed by atoms with E-state index in [0.717, 1.165) is 37.5 Å². The van der Waals surface area contributed by atoms with Crippen LogP contribution >= 0.6 is 11.6 Å². The highest BCUT2D eigenvalue weighted by Gasteiger charge is 2.27. The maximum absolute atomic E-state index is 6.02. The van der Waals surface area contributed by atoms with Crippen LogP contribution in [-0.2, 0) is 25.9 Å². The summed E-state index contributed by atoms with van der Waals surface area (Å²) in [4.78, 5) is 2.58. The number of hydrogen-bond donors (Lipinski definition) is 0. The van der Waals surface area contributed by atoms with Gasteiger partial charge < -0.3 is 4.57 Å². The average Bonchev–Trinajstić information content (AvgIpc) is 2.93. The first-order valence-corrected chi connectivity index (χ1v) is 9.62. The van der Waals surface area contributed by atoms with Crippen LogP contribution in [0.25, 0.3) is 10.9 Å². The lowest BCUT2D eigenvalue weighted by Gasteiger charge is -2.33. The highest BCUT2D eigenvalue weighted by atomic mass is 35.5. The van der Waals surface area contributed by atoms with E-state index in [1.165, 1.54) is 27.7 Å². The molecule has 0 N–H and O–H groups in total. The number of fused-ring (bicyclic) bond motifs is 3. The van der Waals surface area contributed by atoms with E-state index >= 15 is 0 Å². The van der Waals surface area contributed by atoms with Gasteiger partial charge in [-0.15, -0.1) is 0 Å². The minimum atomic E-state index is 0.607. The summed E-state index contributed by atoms with van der Waals surface area (Å²) in [5.41, 5.74) is 5.79. The van der Waals surface area contributed by atoms with Gasteiger partial charge in [0.25, 0.3) is 0 Å². The third-order valence-electron chi connectivity index (χ3n) is 5.61. The molecule has 1 aliphatic heterocycles. The zero-order chi connectivity index (χ0) is 17.4. The van der Waals surface area contributed by atoms with Crippen molar-refractivity contribution in [1.29, 1.82) is 0 Å². The van der Waals surface area contributed by atoms with Gasteiger partial charge in [0.05, 0.1) is 0 Å². The van der Waals surface area contributed by atoms with E-state index in [0.29, 0.717) is 6.04 Å². The molecule has 0 aliphatic carbocycles. The van der Waals surface area contributed by atoms with Gasteiger partial charge in [0, 0.05) is 47.2 Å². The molecule has 0 spiro atoms. The van der Waals surface area contributed by atoms with Gasteiger partial charge in [0.1, 0.15) is 0 Å². The quantitative estimate of drug-likeness (QED) is 0.618. The molecule has 1 unspecified atom stereocenters. The molecule has 2 nitrogen and oxygen atoms in total. The van der Waals surface area contributed by atoms with Gasteiger partial charge in [-0.05, 0) is 49.2 Å². The lowest BCUT2D eigenvalue weighted by Crippen LogP contribution is -2.38. The third-order valence-corrected chi connectivity index (χ3v) is 5.86. The smallest absolute Gasteiger partial charge is 0.0486 e. The van der Waals surface area contributed by atoms with E-state index in [9.17, 15) is 0 Å². The van der Waals surface area contributed by atoms with Gasteiger partial charge >= 0.3 is 0 Å². The summed E-state index contributed by atoms with van der Waals surface area (Å²) >= 11 is 6.02. The van der Waals surface area contributed by atoms with Crippen molar-refractivity contribution in [3.63, 3.8) is 0 Å². The number of para-hydroxylation sites is 1. The molecule has 0 radical (unpaired) electrons. The van der Waals surface area contributed by atoms with E-state index in [4.69, 9.17) is 11.6 Å². The van der Waals surface area contributed by atoms with Gasteiger partial charge in [0.15, 0.2) is 0 Å². The summed E-state index contributed by atoms with van der Waals surface area (Å²) in [6, 6.07) is 17.8. The van der Waals surface area contributed by atoms with Gasteiger partial charge in [-0.2, -0.15) is 0 Å². The summed E-state index contributed by atoms with van der Waals surface area (Å²) in [7, 11) is 0. The van der Waals surface area contributed by atoms with Crippen molar-refractivity contribution < 1.29 is 0 Å². The predicted molar refractivity (Wildman–Crippen MR) is 106 cm³/mol. The summed E-state index contributed by atoms with van der Waals surface area (Å²) in [5, 5.41) is 2.24. The standard InChI is InChI=1S/C22H25ClN2/c1-3-24-15-20-19-6-4-5-7-21(19)25(22(20)14-16(24)2)13-12-17-8-10-18(23)11-9-17/h4-11,16H,3,12-15H2,1-2H3. The normalized spacial score (nSPS) is 17.8. The largest absolute Gasteiger partial charge is 0.344 e. The second-order valence-electron chi connectivity index (χ2n) is 7.09. The van der Waals surface area contributed by atoms with Crippen LogP contribution in [0.2, 0.25) is 5.02 Å². The fraction of sp³-hybridized carbons (Fsp3) is 0.364. The molecule has 1 aromatic heterocycles. The van der Waals surface area contributed by atoms with Gasteiger partial charge in [-0.25, -0.2) is 0 Å². The number of aromatic nitrogens is 1. The van der Waals surface area contributed by atoms with Gasteiger partial charge in [0.2, 0.25) is 0 Å². The Morgan fingerprint density at radius 2 is 1.84 bits per heavy atom. The van der Waals surface area contributed by atoms with Gasteiger partial charge in [-0.3, -0.25) is 4.90 Å². The predicted octanol–water partition coefficient (Wildman–Crippen LogP) is 5.30. The van der Waals surface area contributed by atoms with Crippen LogP contribution in [0, 0.1) is 0 Å². The molecule has 0 amide bonds. The zero-order valence-corrected chi connectivity index (χ0v) is 15.8. The van der Waals surface area contributed by atoms with E-state index in [1.807, 2.05) is 12.1 Å². The van der Waals surface area contributed by atoms with Crippen LogP contribution in [-0.4, -0.2) is 22.1 Å². The minimum absolute atomic E-state index is 0.607. The topological polar surface area (TPSA) is 8.17 Å². The van der Waals surface area contributed by atoms with Crippen LogP contribution in [0.15, 0.2) is 48.5 Å². The summed E-state index contributed by atoms with van der Waals surface area (Å²) in [6.45, 7) is 7.83. The van der Waals surface area contributed by atoms with Crippen LogP contribution in [0.3, 0.4) is 0 Å². The average molecular weight is 353 g/mol. The van der Waals surface area contributed by atoms with Crippen molar-refractivity contribution in [2.75, 3.05) is 6.54 Å². The summed E-state index contributed by atoms with van der Waals surface area (Å²) in [5.74, 6) is 0. The zero-order valence-electron chi connectivity index (χ0n) is 15.0. The van der Waals surface area contributed by atoms with Crippen molar-refractivity contribution in [1.82, 2.24) is 9.47 Å². The molecule has 2 aromatic carbocycles. The Bertz CT molecular complexity index is 879. The molecule has 130 valence electrons. The Morgan fingerprint density at radius 3 is 2.60 bits per heavy atom. The second-order valence-corrected chi connectivity index (χ2v) is 7.52. The molecule has 0 saturated heterocycles. The summed E-state index contributed by atoms with van der Waals surface area (Å²) in [6.07, 6.45) is 2.17. The Hall–Kier alpha value is -1.77. The molecule has 3 aromatic rings. The highest BCUT2D eigenvalue weighted by Crippen LogP contribution is 2.33. The number of nitrogens with zero attached hydrogens (tertiary/aromatic N) is 2. The molecule has 1 aliphatic rings.